The Morgan fingerprint density at radius 3 is 2.92 bits per heavy atom. The van der Waals surface area contributed by atoms with Crippen molar-refractivity contribution in [3.05, 3.63) is 24.6 Å². The van der Waals surface area contributed by atoms with Crippen LogP contribution in [0.3, 0.4) is 0 Å². The molecular weight excluding hydrogens is 222 g/mol. The molecule has 0 aliphatic carbocycles. The zero-order valence-corrected chi connectivity index (χ0v) is 8.76. The first-order chi connectivity index (χ1) is 5.81. The molecule has 70 valence electrons. The van der Waals surface area contributed by atoms with Crippen molar-refractivity contribution in [1.82, 2.24) is 5.48 Å². The fourth-order valence-corrected chi connectivity index (χ4v) is 0.769. The minimum absolute atomic E-state index is 0.435. The molecule has 0 aromatic rings. The number of ether oxygens (including phenoxy) is 1. The van der Waals surface area contributed by atoms with Gasteiger partial charge in [0.15, 0.2) is 0 Å². The summed E-state index contributed by atoms with van der Waals surface area (Å²) in [6, 6.07) is 0. The number of allylic oxidation sites excluding steroid dienone is 1. The van der Waals surface area contributed by atoms with Gasteiger partial charge in [-0.25, -0.2) is 5.48 Å². The van der Waals surface area contributed by atoms with Gasteiger partial charge in [0.25, 0.3) is 0 Å². The number of halogens is 1. The zero-order chi connectivity index (χ0) is 9.23. The molecule has 0 heterocycles. The molecule has 0 aromatic heterocycles. The van der Waals surface area contributed by atoms with Crippen molar-refractivity contribution in [1.29, 1.82) is 0 Å². The predicted molar refractivity (Wildman–Crippen MR) is 52.8 cm³/mol. The highest BCUT2D eigenvalue weighted by Gasteiger charge is 1.88. The van der Waals surface area contributed by atoms with Crippen molar-refractivity contribution in [3.8, 4) is 0 Å². The van der Waals surface area contributed by atoms with Gasteiger partial charge >= 0.3 is 0 Å². The molecule has 4 heteroatoms. The second-order valence-electron chi connectivity index (χ2n) is 1.89. The first-order valence-corrected chi connectivity index (χ1v) is 4.83. The summed E-state index contributed by atoms with van der Waals surface area (Å²) >= 11 is 3.25. The largest absolute Gasteiger partial charge is 0.478 e. The van der Waals surface area contributed by atoms with Crippen LogP contribution >= 0.6 is 15.9 Å². The van der Waals surface area contributed by atoms with Gasteiger partial charge in [-0.05, 0) is 13.5 Å². The molecule has 1 N–H and O–H groups in total. The van der Waals surface area contributed by atoms with Crippen molar-refractivity contribution < 1.29 is 9.57 Å². The second kappa shape index (κ2) is 8.62. The highest BCUT2D eigenvalue weighted by Crippen LogP contribution is 1.87. The van der Waals surface area contributed by atoms with E-state index < -0.39 is 0 Å². The number of alkyl halides is 1. The Kier molecular flexibility index (Phi) is 8.27. The Morgan fingerprint density at radius 2 is 2.33 bits per heavy atom. The summed E-state index contributed by atoms with van der Waals surface area (Å²) < 4.78 is 4.98. The maximum absolute atomic E-state index is 4.98. The van der Waals surface area contributed by atoms with Gasteiger partial charge < -0.3 is 4.74 Å². The molecule has 0 saturated heterocycles. The fraction of sp³-hybridized carbons (Fsp3) is 0.500. The van der Waals surface area contributed by atoms with Crippen LogP contribution < -0.4 is 5.48 Å². The average Bonchev–Trinajstić information content (AvgIpc) is 2.05. The molecule has 0 radical (unpaired) electrons. The normalized spacial score (nSPS) is 10.2. The number of hydrogen-bond donors (Lipinski definition) is 1. The highest BCUT2D eigenvalue weighted by molar-refractivity contribution is 9.09. The van der Waals surface area contributed by atoms with Crippen molar-refractivity contribution in [2.45, 2.75) is 6.92 Å². The molecular formula is C8H14BrNO2. The van der Waals surface area contributed by atoms with Crippen molar-refractivity contribution in [3.63, 3.8) is 0 Å². The molecule has 0 fully saturated rings. The third-order valence-corrected chi connectivity index (χ3v) is 1.31. The number of hydroxylamine groups is 1. The molecule has 0 bridgehead atoms. The van der Waals surface area contributed by atoms with E-state index in [0.717, 1.165) is 5.33 Å². The minimum Gasteiger partial charge on any atom is -0.478 e. The molecule has 0 unspecified atom stereocenters. The van der Waals surface area contributed by atoms with Crippen LogP contribution in [0.5, 0.6) is 0 Å². The summed E-state index contributed by atoms with van der Waals surface area (Å²) in [6.07, 6.45) is 3.84. The van der Waals surface area contributed by atoms with E-state index in [1.807, 2.05) is 19.1 Å². The monoisotopic (exact) mass is 235 g/mol. The Labute approximate surface area is 81.5 Å². The maximum atomic E-state index is 4.98. The lowest BCUT2D eigenvalue weighted by atomic mass is 10.6. The lowest BCUT2D eigenvalue weighted by Gasteiger charge is -2.07. The van der Waals surface area contributed by atoms with E-state index in [1.165, 1.54) is 0 Å². The molecule has 0 saturated carbocycles. The van der Waals surface area contributed by atoms with Crippen LogP contribution in [0.1, 0.15) is 6.92 Å². The molecule has 0 aliphatic heterocycles. The van der Waals surface area contributed by atoms with Crippen molar-refractivity contribution in [2.24, 2.45) is 0 Å². The minimum atomic E-state index is 0.435. The summed E-state index contributed by atoms with van der Waals surface area (Å²) in [6.45, 7) is 6.54. The topological polar surface area (TPSA) is 30.5 Å². The highest BCUT2D eigenvalue weighted by atomic mass is 79.9. The smallest absolute Gasteiger partial charge is 0.203 e. The zero-order valence-electron chi connectivity index (χ0n) is 7.18. The van der Waals surface area contributed by atoms with E-state index in [4.69, 9.17) is 9.57 Å². The van der Waals surface area contributed by atoms with Gasteiger partial charge in [0, 0.05) is 5.33 Å². The third-order valence-electron chi connectivity index (χ3n) is 0.940. The molecule has 3 nitrogen and oxygen atoms in total. The molecule has 0 aromatic carbocycles. The van der Waals surface area contributed by atoms with Gasteiger partial charge in [-0.3, -0.25) is 4.84 Å². The molecule has 0 rings (SSSR count). The molecule has 0 aliphatic rings. The predicted octanol–water partition coefficient (Wildman–Crippen LogP) is 1.97. The molecule has 0 atom stereocenters. The Hall–Kier alpha value is -0.480. The second-order valence-corrected chi connectivity index (χ2v) is 2.54. The lowest BCUT2D eigenvalue weighted by Crippen LogP contribution is -2.15. The quantitative estimate of drug-likeness (QED) is 0.241. The van der Waals surface area contributed by atoms with Gasteiger partial charge in [0.1, 0.15) is 0 Å². The standard InChI is InChI=1S/C8H14BrNO2/c1-3-11-8(2)10-12-7-5-4-6-9/h4-5,10H,2-3,6-7H2,1H3. The van der Waals surface area contributed by atoms with Crippen molar-refractivity contribution >= 4 is 15.9 Å². The van der Waals surface area contributed by atoms with E-state index in [1.54, 1.807) is 0 Å². The van der Waals surface area contributed by atoms with Crippen LogP contribution in [0.25, 0.3) is 0 Å². The maximum Gasteiger partial charge on any atom is 0.203 e. The summed E-state index contributed by atoms with van der Waals surface area (Å²) in [7, 11) is 0. The lowest BCUT2D eigenvalue weighted by molar-refractivity contribution is 0.0325. The van der Waals surface area contributed by atoms with Crippen LogP contribution in [0.2, 0.25) is 0 Å². The molecule has 12 heavy (non-hydrogen) atoms. The Morgan fingerprint density at radius 1 is 1.58 bits per heavy atom. The van der Waals surface area contributed by atoms with E-state index in [0.29, 0.717) is 19.1 Å². The van der Waals surface area contributed by atoms with Gasteiger partial charge in [0.05, 0.1) is 13.2 Å². The summed E-state index contributed by atoms with van der Waals surface area (Å²) in [5.74, 6) is 0.435. The average molecular weight is 236 g/mol. The van der Waals surface area contributed by atoms with Crippen molar-refractivity contribution in [2.75, 3.05) is 18.5 Å². The summed E-state index contributed by atoms with van der Waals surface area (Å²) in [5.41, 5.74) is 2.56. The van der Waals surface area contributed by atoms with Crippen LogP contribution in [-0.4, -0.2) is 18.5 Å². The number of rotatable bonds is 7. The Bertz CT molecular complexity index is 148. The van der Waals surface area contributed by atoms with Crippen LogP contribution in [0.4, 0.5) is 0 Å². The van der Waals surface area contributed by atoms with E-state index >= 15 is 0 Å². The molecule has 0 spiro atoms. The SMILES string of the molecule is C=C(NOCC=CCBr)OCC. The number of nitrogens with one attached hydrogen (secondary N) is 1. The molecule has 0 amide bonds. The van der Waals surface area contributed by atoms with Crippen LogP contribution in [-0.2, 0) is 9.57 Å². The first kappa shape index (κ1) is 11.5. The Balaban J connectivity index is 3.19. The van der Waals surface area contributed by atoms with Gasteiger partial charge in [-0.1, -0.05) is 28.1 Å². The fourth-order valence-electron chi connectivity index (χ4n) is 0.505. The van der Waals surface area contributed by atoms with Crippen LogP contribution in [0, 0.1) is 0 Å². The van der Waals surface area contributed by atoms with Gasteiger partial charge in [-0.15, -0.1) is 0 Å². The summed E-state index contributed by atoms with van der Waals surface area (Å²) in [5, 5.41) is 0.836. The van der Waals surface area contributed by atoms with Gasteiger partial charge in [-0.2, -0.15) is 0 Å². The van der Waals surface area contributed by atoms with Gasteiger partial charge in [0.2, 0.25) is 5.88 Å². The number of hydrogen-bond acceptors (Lipinski definition) is 3. The van der Waals surface area contributed by atoms with E-state index in [2.05, 4.69) is 28.0 Å². The third kappa shape index (κ3) is 7.63. The first-order valence-electron chi connectivity index (χ1n) is 3.71. The summed E-state index contributed by atoms with van der Waals surface area (Å²) in [4.78, 5) is 4.97. The van der Waals surface area contributed by atoms with E-state index in [9.17, 15) is 0 Å². The van der Waals surface area contributed by atoms with Crippen LogP contribution in [0.15, 0.2) is 24.6 Å². The van der Waals surface area contributed by atoms with E-state index in [-0.39, 0.29) is 0 Å².